The number of aryl methyl sites for hydroxylation is 2. The number of nitrogens with one attached hydrogen (secondary N) is 1. The fraction of sp³-hybridized carbons (Fsp3) is 0.250. The summed E-state index contributed by atoms with van der Waals surface area (Å²) >= 11 is 0. The van der Waals surface area contributed by atoms with Crippen molar-refractivity contribution in [2.45, 2.75) is 19.3 Å². The highest BCUT2D eigenvalue weighted by atomic mass is 35.5. The number of hydrogen-bond donors (Lipinski definition) is 1. The quantitative estimate of drug-likeness (QED) is 0.728. The Morgan fingerprint density at radius 3 is 2.80 bits per heavy atom. The lowest BCUT2D eigenvalue weighted by atomic mass is 9.90. The minimum absolute atomic E-state index is 0. The zero-order valence-corrected chi connectivity index (χ0v) is 9.06. The van der Waals surface area contributed by atoms with E-state index in [9.17, 15) is 4.79 Å². The van der Waals surface area contributed by atoms with Crippen LogP contribution >= 0.6 is 12.4 Å². The molecule has 2 nitrogen and oxygen atoms in total. The van der Waals surface area contributed by atoms with E-state index in [1.165, 1.54) is 22.9 Å². The van der Waals surface area contributed by atoms with Crippen LogP contribution in [0.4, 0.5) is 0 Å². The van der Waals surface area contributed by atoms with Crippen molar-refractivity contribution < 1.29 is 0 Å². The fourth-order valence-electron chi connectivity index (χ4n) is 2.35. The molecule has 0 bridgehead atoms. The Balaban J connectivity index is 0.000000853. The summed E-state index contributed by atoms with van der Waals surface area (Å²) < 4.78 is 0. The maximum absolute atomic E-state index is 11.6. The molecule has 0 atom stereocenters. The molecule has 1 aliphatic carbocycles. The van der Waals surface area contributed by atoms with Gasteiger partial charge in [-0.05, 0) is 41.8 Å². The molecule has 0 spiro atoms. The van der Waals surface area contributed by atoms with Crippen molar-refractivity contribution in [3.05, 3.63) is 45.9 Å². The van der Waals surface area contributed by atoms with E-state index in [2.05, 4.69) is 11.1 Å². The van der Waals surface area contributed by atoms with Gasteiger partial charge >= 0.3 is 0 Å². The van der Waals surface area contributed by atoms with E-state index in [-0.39, 0.29) is 18.0 Å². The van der Waals surface area contributed by atoms with Gasteiger partial charge in [-0.2, -0.15) is 0 Å². The van der Waals surface area contributed by atoms with E-state index in [0.717, 1.165) is 18.2 Å². The highest BCUT2D eigenvalue weighted by Gasteiger charge is 2.13. The molecule has 0 saturated heterocycles. The number of hydrogen-bond acceptors (Lipinski definition) is 1. The molecule has 1 N–H and O–H groups in total. The van der Waals surface area contributed by atoms with Crippen LogP contribution in [-0.2, 0) is 12.8 Å². The fourth-order valence-corrected chi connectivity index (χ4v) is 2.35. The van der Waals surface area contributed by atoms with Crippen LogP contribution in [0.25, 0.3) is 10.8 Å². The molecule has 15 heavy (non-hydrogen) atoms. The maximum atomic E-state index is 11.6. The zero-order chi connectivity index (χ0) is 9.54. The average molecular weight is 222 g/mol. The van der Waals surface area contributed by atoms with Crippen molar-refractivity contribution in [3.8, 4) is 0 Å². The third-order valence-electron chi connectivity index (χ3n) is 2.99. The van der Waals surface area contributed by atoms with Crippen molar-refractivity contribution >= 4 is 23.2 Å². The minimum Gasteiger partial charge on any atom is -0.328 e. The minimum atomic E-state index is 0. The third-order valence-corrected chi connectivity index (χ3v) is 2.99. The Labute approximate surface area is 93.7 Å². The zero-order valence-electron chi connectivity index (χ0n) is 8.25. The van der Waals surface area contributed by atoms with Gasteiger partial charge in [-0.25, -0.2) is 0 Å². The largest absolute Gasteiger partial charge is 0.328 e. The highest BCUT2D eigenvalue weighted by molar-refractivity contribution is 5.88. The van der Waals surface area contributed by atoms with Crippen molar-refractivity contribution in [2.75, 3.05) is 0 Å². The molecule has 3 rings (SSSR count). The van der Waals surface area contributed by atoms with Crippen LogP contribution < -0.4 is 5.56 Å². The molecular weight excluding hydrogens is 210 g/mol. The summed E-state index contributed by atoms with van der Waals surface area (Å²) in [6.07, 6.45) is 5.25. The SMILES string of the molecule is Cl.O=c1[nH]cc2c3c(cccc13)CCC2. The number of aromatic nitrogens is 1. The van der Waals surface area contributed by atoms with Crippen LogP contribution in [-0.4, -0.2) is 4.98 Å². The Morgan fingerprint density at radius 1 is 1.13 bits per heavy atom. The van der Waals surface area contributed by atoms with Crippen LogP contribution in [0.15, 0.2) is 29.2 Å². The Kier molecular flexibility index (Phi) is 2.53. The number of benzene rings is 1. The van der Waals surface area contributed by atoms with Gasteiger partial charge in [0.15, 0.2) is 0 Å². The normalized spacial score (nSPS) is 13.6. The van der Waals surface area contributed by atoms with E-state index in [4.69, 9.17) is 0 Å². The molecule has 0 aliphatic heterocycles. The monoisotopic (exact) mass is 221 g/mol. The van der Waals surface area contributed by atoms with Gasteiger partial charge in [-0.1, -0.05) is 12.1 Å². The first kappa shape index (κ1) is 10.2. The lowest BCUT2D eigenvalue weighted by Gasteiger charge is -2.15. The van der Waals surface area contributed by atoms with Crippen LogP contribution in [0.2, 0.25) is 0 Å². The highest BCUT2D eigenvalue weighted by Crippen LogP contribution is 2.26. The van der Waals surface area contributed by atoms with Crippen molar-refractivity contribution in [2.24, 2.45) is 0 Å². The predicted octanol–water partition coefficient (Wildman–Crippen LogP) is 2.44. The van der Waals surface area contributed by atoms with Crippen molar-refractivity contribution in [3.63, 3.8) is 0 Å². The van der Waals surface area contributed by atoms with Gasteiger partial charge in [0.05, 0.1) is 0 Å². The average Bonchev–Trinajstić information content (AvgIpc) is 2.24. The summed E-state index contributed by atoms with van der Waals surface area (Å²) in [4.78, 5) is 14.4. The Bertz CT molecular complexity index is 549. The van der Waals surface area contributed by atoms with Crippen LogP contribution in [0.3, 0.4) is 0 Å². The van der Waals surface area contributed by atoms with Crippen LogP contribution in [0.1, 0.15) is 17.5 Å². The second-order valence-electron chi connectivity index (χ2n) is 3.84. The summed E-state index contributed by atoms with van der Waals surface area (Å²) in [7, 11) is 0. The Hall–Kier alpha value is -1.28. The standard InChI is InChI=1S/C12H11NO.ClH/c14-12-10-6-2-4-8-3-1-5-9(7-13-12)11(8)10;/h2,4,6-7H,1,3,5H2,(H,13,14);1H. The molecule has 78 valence electrons. The molecule has 1 aliphatic rings. The summed E-state index contributed by atoms with van der Waals surface area (Å²) in [5.74, 6) is 0. The van der Waals surface area contributed by atoms with E-state index in [1.54, 1.807) is 0 Å². The van der Waals surface area contributed by atoms with Crippen LogP contribution in [0, 0.1) is 0 Å². The Morgan fingerprint density at radius 2 is 1.93 bits per heavy atom. The van der Waals surface area contributed by atoms with E-state index < -0.39 is 0 Å². The summed E-state index contributed by atoms with van der Waals surface area (Å²) in [5, 5.41) is 2.04. The topological polar surface area (TPSA) is 32.9 Å². The van der Waals surface area contributed by atoms with Gasteiger partial charge in [0, 0.05) is 11.6 Å². The lowest BCUT2D eigenvalue weighted by molar-refractivity contribution is 0.803. The van der Waals surface area contributed by atoms with Crippen LogP contribution in [0.5, 0.6) is 0 Å². The first-order valence-electron chi connectivity index (χ1n) is 4.98. The number of halogens is 1. The van der Waals surface area contributed by atoms with Gasteiger partial charge in [-0.3, -0.25) is 4.79 Å². The van der Waals surface area contributed by atoms with Gasteiger partial charge in [0.2, 0.25) is 0 Å². The van der Waals surface area contributed by atoms with E-state index in [0.29, 0.717) is 0 Å². The lowest BCUT2D eigenvalue weighted by Crippen LogP contribution is -2.11. The molecule has 0 amide bonds. The van der Waals surface area contributed by atoms with E-state index >= 15 is 0 Å². The van der Waals surface area contributed by atoms with Crippen molar-refractivity contribution in [1.82, 2.24) is 4.98 Å². The second-order valence-corrected chi connectivity index (χ2v) is 3.84. The molecule has 0 unspecified atom stereocenters. The van der Waals surface area contributed by atoms with E-state index in [1.807, 2.05) is 18.3 Å². The maximum Gasteiger partial charge on any atom is 0.255 e. The third kappa shape index (κ3) is 1.45. The molecule has 2 aromatic rings. The summed E-state index contributed by atoms with van der Waals surface area (Å²) in [6, 6.07) is 6.01. The van der Waals surface area contributed by atoms with Gasteiger partial charge in [0.25, 0.3) is 5.56 Å². The molecule has 0 saturated carbocycles. The second kappa shape index (κ2) is 3.70. The first-order valence-corrected chi connectivity index (χ1v) is 4.98. The summed E-state index contributed by atoms with van der Waals surface area (Å²) in [5.41, 5.74) is 2.66. The molecule has 0 radical (unpaired) electrons. The smallest absolute Gasteiger partial charge is 0.255 e. The first-order chi connectivity index (χ1) is 6.86. The number of aromatic amines is 1. The predicted molar refractivity (Wildman–Crippen MR) is 63.8 cm³/mol. The number of rotatable bonds is 0. The molecule has 3 heteroatoms. The number of pyridine rings is 1. The molecule has 1 heterocycles. The molecule has 1 aromatic carbocycles. The van der Waals surface area contributed by atoms with Gasteiger partial charge < -0.3 is 4.98 Å². The summed E-state index contributed by atoms with van der Waals surface area (Å²) in [6.45, 7) is 0. The number of H-pyrrole nitrogens is 1. The molecule has 0 fully saturated rings. The van der Waals surface area contributed by atoms with Gasteiger partial charge in [-0.15, -0.1) is 12.4 Å². The van der Waals surface area contributed by atoms with Crippen molar-refractivity contribution in [1.29, 1.82) is 0 Å². The molecular formula is C12H12ClNO. The van der Waals surface area contributed by atoms with Gasteiger partial charge in [0.1, 0.15) is 0 Å². The molecule has 1 aromatic heterocycles.